The molecule has 0 aromatic carbocycles. The fraction of sp³-hybridized carbons (Fsp3) is 0.929. The number of hydrogen-bond acceptors (Lipinski definition) is 4. The van der Waals surface area contributed by atoms with Crippen molar-refractivity contribution in [2.45, 2.75) is 45.1 Å². The van der Waals surface area contributed by atoms with Gasteiger partial charge in [-0.15, -0.1) is 0 Å². The fourth-order valence-electron chi connectivity index (χ4n) is 1.96. The van der Waals surface area contributed by atoms with Crippen molar-refractivity contribution in [3.05, 3.63) is 0 Å². The zero-order valence-electron chi connectivity index (χ0n) is 12.9. The highest BCUT2D eigenvalue weighted by Gasteiger charge is 2.31. The number of hydrogen-bond donors (Lipinski definition) is 2. The highest BCUT2D eigenvalue weighted by molar-refractivity contribution is 5.78. The van der Waals surface area contributed by atoms with Crippen LogP contribution in [-0.4, -0.2) is 61.9 Å². The molecule has 5 heteroatoms. The molecular weight excluding hydrogens is 244 g/mol. The Hall–Kier alpha value is -0.650. The molecule has 0 saturated heterocycles. The number of methoxy groups -OCH3 is 1. The summed E-state index contributed by atoms with van der Waals surface area (Å²) in [7, 11) is 3.77. The van der Waals surface area contributed by atoms with Crippen molar-refractivity contribution in [2.24, 2.45) is 0 Å². The minimum Gasteiger partial charge on any atom is -0.480 e. The highest BCUT2D eigenvalue weighted by atomic mass is 16.5. The zero-order valence-corrected chi connectivity index (χ0v) is 12.9. The van der Waals surface area contributed by atoms with E-state index in [0.717, 1.165) is 45.5 Å². The molecule has 0 aliphatic carbocycles. The lowest BCUT2D eigenvalue weighted by molar-refractivity contribution is -0.144. The molecule has 0 heterocycles. The van der Waals surface area contributed by atoms with Gasteiger partial charge in [-0.3, -0.25) is 4.79 Å². The Bertz CT molecular complexity index is 249. The molecule has 2 N–H and O–H groups in total. The Kier molecular flexibility index (Phi) is 9.83. The van der Waals surface area contributed by atoms with Crippen molar-refractivity contribution < 1.29 is 14.6 Å². The molecule has 5 nitrogen and oxygen atoms in total. The summed E-state index contributed by atoms with van der Waals surface area (Å²) in [5.41, 5.74) is -0.802. The first-order chi connectivity index (χ1) is 8.96. The quantitative estimate of drug-likeness (QED) is 0.529. The lowest BCUT2D eigenvalue weighted by Gasteiger charge is -2.27. The predicted octanol–water partition coefficient (Wildman–Crippen LogP) is 1.58. The van der Waals surface area contributed by atoms with Crippen molar-refractivity contribution in [1.29, 1.82) is 0 Å². The maximum atomic E-state index is 11.3. The standard InChI is InChI=1S/C14H30N2O3/c1-5-9-15-14(2,13(17)18)8-6-10-16(3)11-7-12-19-4/h15H,5-12H2,1-4H3,(H,17,18). The van der Waals surface area contributed by atoms with Crippen LogP contribution in [0.15, 0.2) is 0 Å². The topological polar surface area (TPSA) is 61.8 Å². The molecule has 0 radical (unpaired) electrons. The molecule has 0 aliphatic rings. The van der Waals surface area contributed by atoms with Crippen LogP contribution in [0.3, 0.4) is 0 Å². The second-order valence-corrected chi connectivity index (χ2v) is 5.32. The van der Waals surface area contributed by atoms with Gasteiger partial charge in [0, 0.05) is 20.3 Å². The minimum absolute atomic E-state index is 0.650. The Morgan fingerprint density at radius 1 is 1.37 bits per heavy atom. The lowest BCUT2D eigenvalue weighted by Crippen LogP contribution is -2.50. The maximum absolute atomic E-state index is 11.3. The molecule has 0 spiro atoms. The van der Waals surface area contributed by atoms with Gasteiger partial charge in [0.1, 0.15) is 5.54 Å². The summed E-state index contributed by atoms with van der Waals surface area (Å²) in [6.07, 6.45) is 3.48. The van der Waals surface area contributed by atoms with Crippen LogP contribution >= 0.6 is 0 Å². The van der Waals surface area contributed by atoms with Gasteiger partial charge in [-0.25, -0.2) is 0 Å². The van der Waals surface area contributed by atoms with E-state index in [1.54, 1.807) is 14.0 Å². The third-order valence-electron chi connectivity index (χ3n) is 3.34. The predicted molar refractivity (Wildman–Crippen MR) is 77.6 cm³/mol. The molecule has 0 fully saturated rings. The number of carbonyl (C=O) groups is 1. The van der Waals surface area contributed by atoms with Crippen molar-refractivity contribution in [2.75, 3.05) is 40.4 Å². The number of ether oxygens (including phenoxy) is 1. The first kappa shape index (κ1) is 18.4. The second kappa shape index (κ2) is 10.2. The van der Waals surface area contributed by atoms with Gasteiger partial charge in [-0.2, -0.15) is 0 Å². The summed E-state index contributed by atoms with van der Waals surface area (Å²) >= 11 is 0. The maximum Gasteiger partial charge on any atom is 0.323 e. The summed E-state index contributed by atoms with van der Waals surface area (Å²) in [6.45, 7) is 7.23. The summed E-state index contributed by atoms with van der Waals surface area (Å²) in [5.74, 6) is -0.761. The van der Waals surface area contributed by atoms with Crippen LogP contribution in [0.2, 0.25) is 0 Å². The van der Waals surface area contributed by atoms with Gasteiger partial charge in [-0.05, 0) is 52.7 Å². The summed E-state index contributed by atoms with van der Waals surface area (Å²) in [6, 6.07) is 0. The van der Waals surface area contributed by atoms with Crippen LogP contribution in [0, 0.1) is 0 Å². The van der Waals surface area contributed by atoms with Crippen molar-refractivity contribution in [3.8, 4) is 0 Å². The van der Waals surface area contributed by atoms with E-state index in [4.69, 9.17) is 4.74 Å². The first-order valence-electron chi connectivity index (χ1n) is 7.12. The zero-order chi connectivity index (χ0) is 14.7. The van der Waals surface area contributed by atoms with Gasteiger partial charge in [0.2, 0.25) is 0 Å². The van der Waals surface area contributed by atoms with Gasteiger partial charge in [0.05, 0.1) is 0 Å². The van der Waals surface area contributed by atoms with Gasteiger partial charge in [-0.1, -0.05) is 6.92 Å². The molecular formula is C14H30N2O3. The monoisotopic (exact) mass is 274 g/mol. The molecule has 0 saturated carbocycles. The number of carboxylic acids is 1. The molecule has 1 atom stereocenters. The largest absolute Gasteiger partial charge is 0.480 e. The molecule has 0 aromatic rings. The van der Waals surface area contributed by atoms with E-state index in [1.807, 2.05) is 6.92 Å². The smallest absolute Gasteiger partial charge is 0.323 e. The molecule has 0 rings (SSSR count). The van der Waals surface area contributed by atoms with Crippen LogP contribution in [-0.2, 0) is 9.53 Å². The van der Waals surface area contributed by atoms with E-state index in [-0.39, 0.29) is 0 Å². The molecule has 114 valence electrons. The summed E-state index contributed by atoms with van der Waals surface area (Å²) in [4.78, 5) is 13.5. The van der Waals surface area contributed by atoms with Crippen molar-refractivity contribution >= 4 is 5.97 Å². The molecule has 1 unspecified atom stereocenters. The van der Waals surface area contributed by atoms with E-state index >= 15 is 0 Å². The van der Waals surface area contributed by atoms with Gasteiger partial charge >= 0.3 is 5.97 Å². The third kappa shape index (κ3) is 8.18. The SMILES string of the molecule is CCCNC(C)(CCCN(C)CCCOC)C(=O)O. The number of carboxylic acid groups (broad SMARTS) is 1. The van der Waals surface area contributed by atoms with E-state index in [1.165, 1.54) is 0 Å². The lowest BCUT2D eigenvalue weighted by atomic mass is 9.95. The summed E-state index contributed by atoms with van der Waals surface area (Å²) in [5, 5.41) is 12.4. The Morgan fingerprint density at radius 3 is 2.53 bits per heavy atom. The van der Waals surface area contributed by atoms with Crippen LogP contribution in [0.4, 0.5) is 0 Å². The molecule has 0 bridgehead atoms. The highest BCUT2D eigenvalue weighted by Crippen LogP contribution is 2.13. The normalized spacial score (nSPS) is 14.6. The number of rotatable bonds is 12. The average Bonchev–Trinajstić information content (AvgIpc) is 2.36. The second-order valence-electron chi connectivity index (χ2n) is 5.32. The third-order valence-corrected chi connectivity index (χ3v) is 3.34. The number of aliphatic carboxylic acids is 1. The van der Waals surface area contributed by atoms with Crippen LogP contribution in [0.25, 0.3) is 0 Å². The van der Waals surface area contributed by atoms with E-state index < -0.39 is 11.5 Å². The van der Waals surface area contributed by atoms with Gasteiger partial charge in [0.25, 0.3) is 0 Å². The van der Waals surface area contributed by atoms with Crippen LogP contribution < -0.4 is 5.32 Å². The van der Waals surface area contributed by atoms with E-state index in [2.05, 4.69) is 17.3 Å². The molecule has 0 amide bonds. The summed E-state index contributed by atoms with van der Waals surface area (Å²) < 4.78 is 5.01. The fourth-order valence-corrected chi connectivity index (χ4v) is 1.96. The van der Waals surface area contributed by atoms with Gasteiger partial charge < -0.3 is 20.1 Å². The van der Waals surface area contributed by atoms with Gasteiger partial charge in [0.15, 0.2) is 0 Å². The van der Waals surface area contributed by atoms with Crippen molar-refractivity contribution in [3.63, 3.8) is 0 Å². The van der Waals surface area contributed by atoms with E-state index in [9.17, 15) is 9.90 Å². The Balaban J connectivity index is 3.95. The first-order valence-corrected chi connectivity index (χ1v) is 7.12. The van der Waals surface area contributed by atoms with Crippen LogP contribution in [0.1, 0.15) is 39.5 Å². The molecule has 0 aliphatic heterocycles. The van der Waals surface area contributed by atoms with Crippen LogP contribution in [0.5, 0.6) is 0 Å². The number of nitrogens with zero attached hydrogens (tertiary/aromatic N) is 1. The Morgan fingerprint density at radius 2 is 2.00 bits per heavy atom. The molecule has 19 heavy (non-hydrogen) atoms. The van der Waals surface area contributed by atoms with Crippen molar-refractivity contribution in [1.82, 2.24) is 10.2 Å². The van der Waals surface area contributed by atoms with E-state index in [0.29, 0.717) is 6.42 Å². The number of nitrogens with one attached hydrogen (secondary N) is 1. The average molecular weight is 274 g/mol. The molecule has 0 aromatic heterocycles. The Labute approximate surface area is 117 Å². The minimum atomic E-state index is -0.802.